The molecule has 0 aliphatic carbocycles. The molecule has 1 heteroatoms. The van der Waals surface area contributed by atoms with Gasteiger partial charge in [-0.2, -0.15) is 0 Å². The third-order valence-electron chi connectivity index (χ3n) is 1.56. The highest BCUT2D eigenvalue weighted by Gasteiger charge is 1.79. The molecule has 0 amide bonds. The Kier molecular flexibility index (Phi) is 9.95. The van der Waals surface area contributed by atoms with Gasteiger partial charge < -0.3 is 4.74 Å². The second-order valence-corrected chi connectivity index (χ2v) is 2.78. The van der Waals surface area contributed by atoms with Crippen molar-refractivity contribution in [3.63, 3.8) is 0 Å². The van der Waals surface area contributed by atoms with E-state index in [0.29, 0.717) is 0 Å². The van der Waals surface area contributed by atoms with Crippen LogP contribution in [0.3, 0.4) is 0 Å². The summed E-state index contributed by atoms with van der Waals surface area (Å²) in [6, 6.07) is 0. The van der Waals surface area contributed by atoms with Gasteiger partial charge >= 0.3 is 0 Å². The second-order valence-electron chi connectivity index (χ2n) is 2.78. The highest BCUT2D eigenvalue weighted by molar-refractivity contribution is 5.01. The summed E-state index contributed by atoms with van der Waals surface area (Å²) in [7, 11) is 1.74. The molecule has 0 N–H and O–H groups in total. The second kappa shape index (κ2) is 10.4. The fourth-order valence-electron chi connectivity index (χ4n) is 0.862. The van der Waals surface area contributed by atoms with E-state index in [-0.39, 0.29) is 0 Å². The fourth-order valence-corrected chi connectivity index (χ4v) is 0.862. The van der Waals surface area contributed by atoms with Gasteiger partial charge in [0.05, 0.1) is 0 Å². The predicted molar refractivity (Wildman–Crippen MR) is 54.3 cm³/mol. The van der Waals surface area contributed by atoms with Crippen molar-refractivity contribution < 1.29 is 4.74 Å². The van der Waals surface area contributed by atoms with Gasteiger partial charge in [-0.1, -0.05) is 37.6 Å². The normalized spacial score (nSPS) is 11.8. The first kappa shape index (κ1) is 11.4. The van der Waals surface area contributed by atoms with Gasteiger partial charge in [-0.25, -0.2) is 0 Å². The van der Waals surface area contributed by atoms with Crippen LogP contribution in [0.15, 0.2) is 24.3 Å². The van der Waals surface area contributed by atoms with Crippen molar-refractivity contribution in [2.45, 2.75) is 32.6 Å². The van der Waals surface area contributed by atoms with Crippen LogP contribution in [-0.2, 0) is 4.74 Å². The van der Waals surface area contributed by atoms with Crippen molar-refractivity contribution in [3.05, 3.63) is 24.3 Å². The average Bonchev–Trinajstić information content (AvgIpc) is 2.10. The molecule has 0 aliphatic rings. The zero-order chi connectivity index (χ0) is 9.07. The lowest BCUT2D eigenvalue weighted by Crippen LogP contribution is -1.85. The lowest BCUT2D eigenvalue weighted by atomic mass is 10.2. The molecular formula is C11H20O. The van der Waals surface area contributed by atoms with E-state index in [1.165, 1.54) is 12.8 Å². The third-order valence-corrected chi connectivity index (χ3v) is 1.56. The van der Waals surface area contributed by atoms with Gasteiger partial charge in [0.15, 0.2) is 0 Å². The molecule has 0 aromatic carbocycles. The van der Waals surface area contributed by atoms with E-state index in [9.17, 15) is 0 Å². The highest BCUT2D eigenvalue weighted by atomic mass is 16.5. The number of hydrogen-bond donors (Lipinski definition) is 0. The molecule has 0 fully saturated rings. The van der Waals surface area contributed by atoms with Crippen LogP contribution in [0.4, 0.5) is 0 Å². The van der Waals surface area contributed by atoms with E-state index in [0.717, 1.165) is 19.4 Å². The fraction of sp³-hybridized carbons (Fsp3) is 0.636. The third kappa shape index (κ3) is 9.44. The quantitative estimate of drug-likeness (QED) is 0.418. The Bertz CT molecular complexity index is 125. The molecule has 0 atom stereocenters. The summed E-state index contributed by atoms with van der Waals surface area (Å²) in [5.74, 6) is 0. The van der Waals surface area contributed by atoms with Crippen LogP contribution in [0.25, 0.3) is 0 Å². The van der Waals surface area contributed by atoms with Gasteiger partial charge in [0.2, 0.25) is 0 Å². The lowest BCUT2D eigenvalue weighted by molar-refractivity contribution is 0.196. The van der Waals surface area contributed by atoms with E-state index in [1.807, 2.05) is 0 Å². The molecule has 0 spiro atoms. The molecular weight excluding hydrogens is 148 g/mol. The lowest BCUT2D eigenvalue weighted by Gasteiger charge is -1.91. The summed E-state index contributed by atoms with van der Waals surface area (Å²) in [5, 5.41) is 0. The van der Waals surface area contributed by atoms with Gasteiger partial charge in [-0.3, -0.25) is 0 Å². The zero-order valence-corrected chi connectivity index (χ0v) is 8.25. The van der Waals surface area contributed by atoms with Gasteiger partial charge in [-0.15, -0.1) is 0 Å². The van der Waals surface area contributed by atoms with Crippen molar-refractivity contribution in [2.24, 2.45) is 0 Å². The Morgan fingerprint density at radius 2 is 1.75 bits per heavy atom. The Balaban J connectivity index is 3.13. The first-order valence-corrected chi connectivity index (χ1v) is 4.72. The molecule has 0 rings (SSSR count). The molecule has 1 nitrogen and oxygen atoms in total. The summed E-state index contributed by atoms with van der Waals surface area (Å²) in [5.41, 5.74) is 0. The molecule has 0 saturated heterocycles. The number of allylic oxidation sites excluding steroid dienone is 4. The molecule has 0 aliphatic heterocycles. The molecule has 0 heterocycles. The van der Waals surface area contributed by atoms with Crippen molar-refractivity contribution in [2.75, 3.05) is 13.7 Å². The Hall–Kier alpha value is -0.560. The summed E-state index contributed by atoms with van der Waals surface area (Å²) in [4.78, 5) is 0. The van der Waals surface area contributed by atoms with Gasteiger partial charge in [-0.05, 0) is 19.3 Å². The van der Waals surface area contributed by atoms with E-state index in [1.54, 1.807) is 7.11 Å². The number of methoxy groups -OCH3 is 1. The van der Waals surface area contributed by atoms with Crippen molar-refractivity contribution in [1.29, 1.82) is 0 Å². The van der Waals surface area contributed by atoms with Crippen molar-refractivity contribution >= 4 is 0 Å². The monoisotopic (exact) mass is 168 g/mol. The summed E-state index contributed by atoms with van der Waals surface area (Å²) < 4.78 is 4.94. The molecule has 0 unspecified atom stereocenters. The molecule has 12 heavy (non-hydrogen) atoms. The minimum absolute atomic E-state index is 0.864. The molecule has 0 radical (unpaired) electrons. The Morgan fingerprint density at radius 1 is 1.08 bits per heavy atom. The molecule has 0 aromatic heterocycles. The van der Waals surface area contributed by atoms with E-state index >= 15 is 0 Å². The van der Waals surface area contributed by atoms with E-state index in [4.69, 9.17) is 4.74 Å². The maximum absolute atomic E-state index is 4.94. The summed E-state index contributed by atoms with van der Waals surface area (Å²) in [6.45, 7) is 3.05. The molecule has 0 aromatic rings. The zero-order valence-electron chi connectivity index (χ0n) is 8.25. The molecule has 70 valence electrons. The summed E-state index contributed by atoms with van der Waals surface area (Å²) >= 11 is 0. The average molecular weight is 168 g/mol. The number of unbranched alkanes of at least 4 members (excludes halogenated alkanes) is 2. The topological polar surface area (TPSA) is 9.23 Å². The first-order valence-electron chi connectivity index (χ1n) is 4.72. The molecule has 0 saturated carbocycles. The standard InChI is InChI=1S/C11H20O/c1-3-4-5-6-7-8-9-10-11-12-2/h5-8H,3-4,9-11H2,1-2H3. The van der Waals surface area contributed by atoms with Crippen LogP contribution in [0.2, 0.25) is 0 Å². The van der Waals surface area contributed by atoms with E-state index < -0.39 is 0 Å². The van der Waals surface area contributed by atoms with Crippen LogP contribution < -0.4 is 0 Å². The molecule has 0 bridgehead atoms. The number of rotatable bonds is 7. The Morgan fingerprint density at radius 3 is 2.33 bits per heavy atom. The van der Waals surface area contributed by atoms with Gasteiger partial charge in [0.1, 0.15) is 0 Å². The van der Waals surface area contributed by atoms with Crippen LogP contribution in [0.5, 0.6) is 0 Å². The summed E-state index contributed by atoms with van der Waals surface area (Å²) in [6.07, 6.45) is 13.3. The maximum Gasteiger partial charge on any atom is 0.0465 e. The van der Waals surface area contributed by atoms with Gasteiger partial charge in [0.25, 0.3) is 0 Å². The van der Waals surface area contributed by atoms with Crippen LogP contribution >= 0.6 is 0 Å². The number of ether oxygens (including phenoxy) is 1. The smallest absolute Gasteiger partial charge is 0.0465 e. The van der Waals surface area contributed by atoms with Crippen molar-refractivity contribution in [3.8, 4) is 0 Å². The van der Waals surface area contributed by atoms with Crippen LogP contribution in [0.1, 0.15) is 32.6 Å². The predicted octanol–water partition coefficient (Wildman–Crippen LogP) is 3.33. The number of hydrogen-bond acceptors (Lipinski definition) is 1. The maximum atomic E-state index is 4.94. The SMILES string of the molecule is CCCC=CC=CCCCOC. The van der Waals surface area contributed by atoms with Gasteiger partial charge in [0, 0.05) is 13.7 Å². The van der Waals surface area contributed by atoms with E-state index in [2.05, 4.69) is 31.2 Å². The minimum atomic E-state index is 0.864. The van der Waals surface area contributed by atoms with Crippen LogP contribution in [-0.4, -0.2) is 13.7 Å². The highest BCUT2D eigenvalue weighted by Crippen LogP contribution is 1.93. The Labute approximate surface area is 76.1 Å². The van der Waals surface area contributed by atoms with Crippen LogP contribution in [0, 0.1) is 0 Å². The minimum Gasteiger partial charge on any atom is -0.385 e. The van der Waals surface area contributed by atoms with Crippen molar-refractivity contribution in [1.82, 2.24) is 0 Å². The largest absolute Gasteiger partial charge is 0.385 e. The first-order chi connectivity index (χ1) is 5.91.